The molecule has 0 aliphatic heterocycles. The number of carbonyl (C=O) groups excluding carboxylic acids is 1. The minimum atomic E-state index is 0.463. The minimum absolute atomic E-state index is 0.463. The van der Waals surface area contributed by atoms with E-state index in [1.807, 2.05) is 0 Å². The van der Waals surface area contributed by atoms with Gasteiger partial charge in [-0.05, 0) is 49.9 Å². The van der Waals surface area contributed by atoms with Crippen LogP contribution in [0.4, 0.5) is 0 Å². The fourth-order valence-electron chi connectivity index (χ4n) is 4.81. The summed E-state index contributed by atoms with van der Waals surface area (Å²) < 4.78 is 0. The van der Waals surface area contributed by atoms with Crippen molar-refractivity contribution in [1.82, 2.24) is 0 Å². The molecule has 0 spiro atoms. The summed E-state index contributed by atoms with van der Waals surface area (Å²) in [6, 6.07) is 0. The molecule has 3 aliphatic rings. The van der Waals surface area contributed by atoms with Crippen molar-refractivity contribution < 1.29 is 4.79 Å². The van der Waals surface area contributed by atoms with Crippen molar-refractivity contribution in [3.8, 4) is 0 Å². The molecule has 0 aromatic heterocycles. The molecule has 0 saturated heterocycles. The number of rotatable bonds is 4. The SMILES string of the molecule is CCCCCC1CC2C3CCC(C3)C2C1=O. The number of fused-ring (bicyclic) bond motifs is 5. The van der Waals surface area contributed by atoms with Crippen LogP contribution >= 0.6 is 0 Å². The normalized spacial score (nSPS) is 45.3. The Morgan fingerprint density at radius 3 is 2.69 bits per heavy atom. The number of ketones is 1. The second-order valence-corrected chi connectivity index (χ2v) is 6.35. The largest absolute Gasteiger partial charge is 0.299 e. The Bertz CT molecular complexity index is 283. The van der Waals surface area contributed by atoms with E-state index in [1.165, 1.54) is 51.4 Å². The van der Waals surface area contributed by atoms with Crippen molar-refractivity contribution in [3.05, 3.63) is 0 Å². The standard InChI is InChI=1S/C15H24O/c1-2-3-4-5-12-9-13-10-6-7-11(8-10)14(13)15(12)16/h10-14H,2-9H2,1H3. The molecule has 0 N–H and O–H groups in total. The van der Waals surface area contributed by atoms with Gasteiger partial charge in [-0.2, -0.15) is 0 Å². The maximum atomic E-state index is 12.4. The predicted molar refractivity (Wildman–Crippen MR) is 65.1 cm³/mol. The van der Waals surface area contributed by atoms with Gasteiger partial charge in [0.2, 0.25) is 0 Å². The van der Waals surface area contributed by atoms with Crippen LogP contribution in [0.25, 0.3) is 0 Å². The van der Waals surface area contributed by atoms with Crippen LogP contribution in [0.2, 0.25) is 0 Å². The highest BCUT2D eigenvalue weighted by molar-refractivity contribution is 5.86. The predicted octanol–water partition coefficient (Wildman–Crippen LogP) is 3.82. The first-order valence-corrected chi connectivity index (χ1v) is 7.35. The Morgan fingerprint density at radius 2 is 1.94 bits per heavy atom. The lowest BCUT2D eigenvalue weighted by atomic mass is 9.81. The van der Waals surface area contributed by atoms with E-state index in [1.54, 1.807) is 0 Å². The highest BCUT2D eigenvalue weighted by Gasteiger charge is 2.55. The van der Waals surface area contributed by atoms with Gasteiger partial charge in [-0.15, -0.1) is 0 Å². The van der Waals surface area contributed by atoms with Crippen molar-refractivity contribution in [2.45, 2.75) is 58.3 Å². The summed E-state index contributed by atoms with van der Waals surface area (Å²) in [5, 5.41) is 0. The topological polar surface area (TPSA) is 17.1 Å². The summed E-state index contributed by atoms with van der Waals surface area (Å²) in [5.41, 5.74) is 0. The van der Waals surface area contributed by atoms with Crippen LogP contribution in [-0.2, 0) is 4.79 Å². The van der Waals surface area contributed by atoms with Gasteiger partial charge < -0.3 is 0 Å². The molecule has 0 amide bonds. The smallest absolute Gasteiger partial charge is 0.139 e. The third-order valence-electron chi connectivity index (χ3n) is 5.53. The minimum Gasteiger partial charge on any atom is -0.299 e. The van der Waals surface area contributed by atoms with Crippen LogP contribution in [0, 0.1) is 29.6 Å². The zero-order valence-corrected chi connectivity index (χ0v) is 10.5. The molecule has 5 unspecified atom stereocenters. The molecule has 0 aromatic rings. The molecule has 90 valence electrons. The fraction of sp³-hybridized carbons (Fsp3) is 0.933. The maximum Gasteiger partial charge on any atom is 0.139 e. The Morgan fingerprint density at radius 1 is 1.12 bits per heavy atom. The first-order valence-electron chi connectivity index (χ1n) is 7.35. The molecule has 16 heavy (non-hydrogen) atoms. The lowest BCUT2D eigenvalue weighted by molar-refractivity contribution is -0.125. The van der Waals surface area contributed by atoms with Crippen molar-refractivity contribution in [3.63, 3.8) is 0 Å². The molecule has 0 radical (unpaired) electrons. The van der Waals surface area contributed by atoms with E-state index in [4.69, 9.17) is 0 Å². The van der Waals surface area contributed by atoms with E-state index in [2.05, 4.69) is 6.92 Å². The average Bonchev–Trinajstić information content (AvgIpc) is 2.93. The molecule has 3 saturated carbocycles. The van der Waals surface area contributed by atoms with Gasteiger partial charge >= 0.3 is 0 Å². The Hall–Kier alpha value is -0.330. The second-order valence-electron chi connectivity index (χ2n) is 6.35. The summed E-state index contributed by atoms with van der Waals surface area (Å²) in [5.74, 6) is 4.22. The molecular weight excluding hydrogens is 196 g/mol. The number of Topliss-reactive ketones (excluding diaryl/α,β-unsaturated/α-hetero) is 1. The summed E-state index contributed by atoms with van der Waals surface area (Å²) >= 11 is 0. The second kappa shape index (κ2) is 4.16. The first kappa shape index (κ1) is 10.8. The van der Waals surface area contributed by atoms with Crippen molar-refractivity contribution in [1.29, 1.82) is 0 Å². The molecule has 1 nitrogen and oxygen atoms in total. The first-order chi connectivity index (χ1) is 7.81. The third-order valence-corrected chi connectivity index (χ3v) is 5.53. The van der Waals surface area contributed by atoms with Crippen LogP contribution in [-0.4, -0.2) is 5.78 Å². The van der Waals surface area contributed by atoms with E-state index in [-0.39, 0.29) is 0 Å². The van der Waals surface area contributed by atoms with Gasteiger partial charge in [-0.1, -0.05) is 26.2 Å². The summed E-state index contributed by atoms with van der Waals surface area (Å²) in [7, 11) is 0. The van der Waals surface area contributed by atoms with Gasteiger partial charge in [0.05, 0.1) is 0 Å². The quantitative estimate of drug-likeness (QED) is 0.658. The number of carbonyl (C=O) groups is 1. The average molecular weight is 220 g/mol. The molecule has 1 heteroatoms. The molecule has 3 fully saturated rings. The van der Waals surface area contributed by atoms with E-state index < -0.39 is 0 Å². The third kappa shape index (κ3) is 1.55. The fourth-order valence-corrected chi connectivity index (χ4v) is 4.81. The zero-order valence-electron chi connectivity index (χ0n) is 10.5. The van der Waals surface area contributed by atoms with E-state index in [9.17, 15) is 4.79 Å². The van der Waals surface area contributed by atoms with E-state index in [0.717, 1.165) is 17.8 Å². The highest BCUT2D eigenvalue weighted by Crippen LogP contribution is 2.59. The van der Waals surface area contributed by atoms with E-state index >= 15 is 0 Å². The number of unbranched alkanes of at least 4 members (excludes halogenated alkanes) is 2. The van der Waals surface area contributed by atoms with Gasteiger partial charge in [-0.3, -0.25) is 4.79 Å². The summed E-state index contributed by atoms with van der Waals surface area (Å²) in [6.07, 6.45) is 10.5. The van der Waals surface area contributed by atoms with Crippen LogP contribution in [0.1, 0.15) is 58.3 Å². The Kier molecular flexibility index (Phi) is 2.81. The van der Waals surface area contributed by atoms with Gasteiger partial charge in [0.1, 0.15) is 5.78 Å². The van der Waals surface area contributed by atoms with Gasteiger partial charge in [0.25, 0.3) is 0 Å². The van der Waals surface area contributed by atoms with Gasteiger partial charge in [-0.25, -0.2) is 0 Å². The van der Waals surface area contributed by atoms with Crippen molar-refractivity contribution in [2.24, 2.45) is 29.6 Å². The zero-order chi connectivity index (χ0) is 11.1. The molecule has 5 atom stereocenters. The highest BCUT2D eigenvalue weighted by atomic mass is 16.1. The Labute approximate surface area is 99.0 Å². The summed E-state index contributed by atoms with van der Waals surface area (Å²) in [6.45, 7) is 2.24. The molecule has 0 aromatic carbocycles. The van der Waals surface area contributed by atoms with E-state index in [0.29, 0.717) is 17.6 Å². The summed E-state index contributed by atoms with van der Waals surface area (Å²) in [4.78, 5) is 12.4. The lowest BCUT2D eigenvalue weighted by Gasteiger charge is -2.22. The van der Waals surface area contributed by atoms with Gasteiger partial charge in [0, 0.05) is 11.8 Å². The number of hydrogen-bond acceptors (Lipinski definition) is 1. The monoisotopic (exact) mass is 220 g/mol. The molecular formula is C15H24O. The maximum absolute atomic E-state index is 12.4. The lowest BCUT2D eigenvalue weighted by Crippen LogP contribution is -2.23. The molecule has 3 rings (SSSR count). The number of hydrogen-bond donors (Lipinski definition) is 0. The Balaban J connectivity index is 1.62. The van der Waals surface area contributed by atoms with Crippen LogP contribution in [0.5, 0.6) is 0 Å². The van der Waals surface area contributed by atoms with Crippen molar-refractivity contribution in [2.75, 3.05) is 0 Å². The molecule has 3 aliphatic carbocycles. The molecule has 2 bridgehead atoms. The van der Waals surface area contributed by atoms with Crippen LogP contribution in [0.15, 0.2) is 0 Å². The van der Waals surface area contributed by atoms with Crippen LogP contribution in [0.3, 0.4) is 0 Å². The van der Waals surface area contributed by atoms with Gasteiger partial charge in [0.15, 0.2) is 0 Å². The molecule has 0 heterocycles. The van der Waals surface area contributed by atoms with Crippen molar-refractivity contribution >= 4 is 5.78 Å². The van der Waals surface area contributed by atoms with Crippen LogP contribution < -0.4 is 0 Å².